The van der Waals surface area contributed by atoms with Crippen LogP contribution in [0.4, 0.5) is 13.2 Å². The number of fused-ring (bicyclic) bond motifs is 1. The van der Waals surface area contributed by atoms with Crippen molar-refractivity contribution in [2.24, 2.45) is 0 Å². The van der Waals surface area contributed by atoms with Gasteiger partial charge in [0.1, 0.15) is 5.82 Å². The predicted molar refractivity (Wildman–Crippen MR) is 70.5 cm³/mol. The van der Waals surface area contributed by atoms with Crippen LogP contribution in [0.25, 0.3) is 11.0 Å². The maximum atomic E-state index is 12.8. The molecule has 2 aromatic rings. The van der Waals surface area contributed by atoms with Crippen molar-refractivity contribution in [1.29, 1.82) is 0 Å². The zero-order valence-electron chi connectivity index (χ0n) is 11.8. The molecule has 0 spiro atoms. The van der Waals surface area contributed by atoms with Crippen LogP contribution in [0.2, 0.25) is 0 Å². The summed E-state index contributed by atoms with van der Waals surface area (Å²) < 4.78 is 38.3. The second kappa shape index (κ2) is 5.00. The van der Waals surface area contributed by atoms with Gasteiger partial charge in [0.05, 0.1) is 11.3 Å². The predicted octanol–water partition coefficient (Wildman–Crippen LogP) is 4.29. The molecule has 0 saturated heterocycles. The smallest absolute Gasteiger partial charge is 0.237 e. The Balaban J connectivity index is 2.74. The lowest BCUT2D eigenvalue weighted by molar-refractivity contribution is -0.137. The lowest BCUT2D eigenvalue weighted by Crippen LogP contribution is -2.09. The fourth-order valence-electron chi connectivity index (χ4n) is 1.91. The molecule has 0 radical (unpaired) electrons. The molecule has 0 saturated carbocycles. The number of halogens is 3. The number of alkyl halides is 3. The van der Waals surface area contributed by atoms with Crippen LogP contribution in [0.3, 0.4) is 0 Å². The van der Waals surface area contributed by atoms with Gasteiger partial charge in [0, 0.05) is 17.5 Å². The van der Waals surface area contributed by atoms with Crippen molar-refractivity contribution in [1.82, 2.24) is 15.0 Å². The summed E-state index contributed by atoms with van der Waals surface area (Å²) in [5.41, 5.74) is 0.158. The molecule has 0 amide bonds. The molecule has 2 rings (SSSR count). The fraction of sp³-hybridized carbons (Fsp3) is 0.500. The minimum atomic E-state index is -4.41. The van der Waals surface area contributed by atoms with Crippen LogP contribution >= 0.6 is 0 Å². The first-order chi connectivity index (χ1) is 9.20. The van der Waals surface area contributed by atoms with Gasteiger partial charge in [0.25, 0.3) is 0 Å². The van der Waals surface area contributed by atoms with Crippen molar-refractivity contribution >= 4 is 11.0 Å². The molecule has 0 aliphatic heterocycles. The van der Waals surface area contributed by atoms with Gasteiger partial charge in [-0.25, -0.2) is 15.0 Å². The monoisotopic (exact) mass is 283 g/mol. The summed E-state index contributed by atoms with van der Waals surface area (Å²) in [6.45, 7) is 7.67. The Bertz CT molecular complexity index is 633. The minimum absolute atomic E-state index is 0.00304. The van der Waals surface area contributed by atoms with E-state index in [1.54, 1.807) is 0 Å². The molecular weight excluding hydrogens is 267 g/mol. The first-order valence-electron chi connectivity index (χ1n) is 6.45. The third-order valence-electron chi connectivity index (χ3n) is 2.99. The molecule has 108 valence electrons. The Labute approximate surface area is 115 Å². The molecule has 0 fully saturated rings. The lowest BCUT2D eigenvalue weighted by Gasteiger charge is -2.14. The van der Waals surface area contributed by atoms with Crippen molar-refractivity contribution < 1.29 is 13.2 Å². The highest BCUT2D eigenvalue weighted by molar-refractivity contribution is 5.78. The molecule has 0 aliphatic carbocycles. The molecule has 6 heteroatoms. The maximum Gasteiger partial charge on any atom is 0.417 e. The number of rotatable bonds is 2. The van der Waals surface area contributed by atoms with E-state index in [0.29, 0.717) is 22.6 Å². The zero-order valence-corrected chi connectivity index (χ0v) is 11.8. The summed E-state index contributed by atoms with van der Waals surface area (Å²) in [5, 5.41) is 0.374. The van der Waals surface area contributed by atoms with Gasteiger partial charge in [0.2, 0.25) is 0 Å². The summed E-state index contributed by atoms with van der Waals surface area (Å²) in [4.78, 5) is 12.5. The SMILES string of the molecule is CC(C)c1nc(C(C)C)c2cc(C(F)(F)F)cnc2n1. The molecule has 0 atom stereocenters. The third kappa shape index (κ3) is 2.73. The number of pyridine rings is 1. The minimum Gasteiger partial charge on any atom is -0.237 e. The van der Waals surface area contributed by atoms with E-state index >= 15 is 0 Å². The summed E-state index contributed by atoms with van der Waals surface area (Å²) in [7, 11) is 0. The Morgan fingerprint density at radius 2 is 1.65 bits per heavy atom. The van der Waals surface area contributed by atoms with Crippen LogP contribution in [-0.4, -0.2) is 15.0 Å². The molecular formula is C14H16F3N3. The number of hydrogen-bond acceptors (Lipinski definition) is 3. The van der Waals surface area contributed by atoms with Crippen LogP contribution in [0, 0.1) is 0 Å². The lowest BCUT2D eigenvalue weighted by atomic mass is 10.0. The quantitative estimate of drug-likeness (QED) is 0.825. The van der Waals surface area contributed by atoms with E-state index in [4.69, 9.17) is 0 Å². The largest absolute Gasteiger partial charge is 0.417 e. The number of aromatic nitrogens is 3. The maximum absolute atomic E-state index is 12.8. The Hall–Kier alpha value is -1.72. The molecule has 20 heavy (non-hydrogen) atoms. The Morgan fingerprint density at radius 1 is 1.00 bits per heavy atom. The standard InChI is InChI=1S/C14H16F3N3/c1-7(2)11-10-5-9(14(15,16)17)6-18-13(10)20-12(19-11)8(3)4/h5-8H,1-4H3. The second-order valence-electron chi connectivity index (χ2n) is 5.37. The average Bonchev–Trinajstić information content (AvgIpc) is 2.35. The van der Waals surface area contributed by atoms with Gasteiger partial charge < -0.3 is 0 Å². The highest BCUT2D eigenvalue weighted by atomic mass is 19.4. The van der Waals surface area contributed by atoms with E-state index in [1.165, 1.54) is 0 Å². The van der Waals surface area contributed by atoms with Gasteiger partial charge in [-0.2, -0.15) is 13.2 Å². The number of hydrogen-bond donors (Lipinski definition) is 0. The molecule has 0 aromatic carbocycles. The van der Waals surface area contributed by atoms with Crippen molar-refractivity contribution in [3.05, 3.63) is 29.3 Å². The molecule has 2 aromatic heterocycles. The summed E-state index contributed by atoms with van der Waals surface area (Å²) in [6, 6.07) is 1.09. The van der Waals surface area contributed by atoms with Crippen molar-refractivity contribution in [2.45, 2.75) is 45.7 Å². The second-order valence-corrected chi connectivity index (χ2v) is 5.37. The molecule has 3 nitrogen and oxygen atoms in total. The number of nitrogens with zero attached hydrogens (tertiary/aromatic N) is 3. The first kappa shape index (κ1) is 14.7. The highest BCUT2D eigenvalue weighted by Crippen LogP contribution is 2.32. The van der Waals surface area contributed by atoms with E-state index in [2.05, 4.69) is 15.0 Å². The van der Waals surface area contributed by atoms with Crippen molar-refractivity contribution in [3.8, 4) is 0 Å². The van der Waals surface area contributed by atoms with E-state index in [1.807, 2.05) is 27.7 Å². The van der Waals surface area contributed by atoms with Crippen LogP contribution < -0.4 is 0 Å². The van der Waals surface area contributed by atoms with Gasteiger partial charge >= 0.3 is 6.18 Å². The Kier molecular flexibility index (Phi) is 3.67. The van der Waals surface area contributed by atoms with E-state index in [0.717, 1.165) is 12.3 Å². The van der Waals surface area contributed by atoms with Crippen LogP contribution in [-0.2, 0) is 6.18 Å². The third-order valence-corrected chi connectivity index (χ3v) is 2.99. The first-order valence-corrected chi connectivity index (χ1v) is 6.45. The normalized spacial score (nSPS) is 12.7. The molecule has 0 N–H and O–H groups in total. The van der Waals surface area contributed by atoms with Gasteiger partial charge in [-0.1, -0.05) is 27.7 Å². The molecule has 0 bridgehead atoms. The molecule has 0 aliphatic rings. The molecule has 2 heterocycles. The highest BCUT2D eigenvalue weighted by Gasteiger charge is 2.31. The average molecular weight is 283 g/mol. The van der Waals surface area contributed by atoms with Gasteiger partial charge in [-0.3, -0.25) is 0 Å². The summed E-state index contributed by atoms with van der Waals surface area (Å²) in [6.07, 6.45) is -3.59. The summed E-state index contributed by atoms with van der Waals surface area (Å²) in [5.74, 6) is 0.706. The summed E-state index contributed by atoms with van der Waals surface area (Å²) >= 11 is 0. The van der Waals surface area contributed by atoms with Gasteiger partial charge in [-0.15, -0.1) is 0 Å². The van der Waals surface area contributed by atoms with E-state index < -0.39 is 11.7 Å². The Morgan fingerprint density at radius 3 is 2.15 bits per heavy atom. The van der Waals surface area contributed by atoms with Crippen molar-refractivity contribution in [3.63, 3.8) is 0 Å². The topological polar surface area (TPSA) is 38.7 Å². The van der Waals surface area contributed by atoms with Crippen LogP contribution in [0.15, 0.2) is 12.3 Å². The molecule has 0 unspecified atom stereocenters. The van der Waals surface area contributed by atoms with Gasteiger partial charge in [0.15, 0.2) is 5.65 Å². The van der Waals surface area contributed by atoms with E-state index in [-0.39, 0.29) is 11.8 Å². The fourth-order valence-corrected chi connectivity index (χ4v) is 1.91. The van der Waals surface area contributed by atoms with E-state index in [9.17, 15) is 13.2 Å². The van der Waals surface area contributed by atoms with Gasteiger partial charge in [-0.05, 0) is 12.0 Å². The van der Waals surface area contributed by atoms with Crippen molar-refractivity contribution in [2.75, 3.05) is 0 Å². The van der Waals surface area contributed by atoms with Crippen LogP contribution in [0.5, 0.6) is 0 Å². The van der Waals surface area contributed by atoms with Crippen LogP contribution in [0.1, 0.15) is 56.6 Å². The zero-order chi connectivity index (χ0) is 15.1.